The number of hydrogen-bond donors (Lipinski definition) is 2. The Hall–Kier alpha value is -0.570. The van der Waals surface area contributed by atoms with E-state index in [0.717, 1.165) is 19.4 Å². The largest absolute Gasteiger partial charge is 0.351 e. The average Bonchev–Trinajstić information content (AvgIpc) is 2.65. The predicted octanol–water partition coefficient (Wildman–Crippen LogP) is 1.29. The maximum Gasteiger partial charge on any atom is 0.237 e. The number of carbonyl (C=O) groups excluding carboxylic acids is 1. The molecule has 0 aromatic rings. The summed E-state index contributed by atoms with van der Waals surface area (Å²) in [5.41, 5.74) is 0.475. The Bertz CT molecular complexity index is 263. The van der Waals surface area contributed by atoms with Gasteiger partial charge in [-0.3, -0.25) is 4.79 Å². The lowest BCUT2D eigenvalue weighted by molar-refractivity contribution is -0.123. The van der Waals surface area contributed by atoms with Crippen molar-refractivity contribution in [1.82, 2.24) is 10.6 Å². The Morgan fingerprint density at radius 1 is 1.27 bits per heavy atom. The minimum Gasteiger partial charge on any atom is -0.351 e. The molecule has 1 saturated heterocycles. The van der Waals surface area contributed by atoms with Crippen LogP contribution in [0.5, 0.6) is 0 Å². The molecule has 3 nitrogen and oxygen atoms in total. The molecule has 1 heterocycles. The second kappa shape index (κ2) is 3.21. The Labute approximate surface area is 92.0 Å². The van der Waals surface area contributed by atoms with Gasteiger partial charge in [0.2, 0.25) is 5.91 Å². The molecule has 86 valence electrons. The van der Waals surface area contributed by atoms with E-state index in [2.05, 4.69) is 38.3 Å². The van der Waals surface area contributed by atoms with Gasteiger partial charge in [-0.25, -0.2) is 0 Å². The molecule has 0 radical (unpaired) electrons. The van der Waals surface area contributed by atoms with Gasteiger partial charge in [0.1, 0.15) is 0 Å². The van der Waals surface area contributed by atoms with Crippen molar-refractivity contribution >= 4 is 5.91 Å². The van der Waals surface area contributed by atoms with Crippen LogP contribution in [0, 0.1) is 10.8 Å². The van der Waals surface area contributed by atoms with Crippen LogP contribution in [-0.4, -0.2) is 24.5 Å². The van der Waals surface area contributed by atoms with Crippen molar-refractivity contribution in [1.29, 1.82) is 0 Å². The van der Waals surface area contributed by atoms with E-state index in [4.69, 9.17) is 0 Å². The highest BCUT2D eigenvalue weighted by Gasteiger charge is 2.65. The molecular weight excluding hydrogens is 188 g/mol. The monoisotopic (exact) mass is 210 g/mol. The van der Waals surface area contributed by atoms with Crippen molar-refractivity contribution in [2.45, 2.75) is 52.6 Å². The Morgan fingerprint density at radius 2 is 1.87 bits per heavy atom. The van der Waals surface area contributed by atoms with Crippen LogP contribution in [0.3, 0.4) is 0 Å². The molecular formula is C12H22N2O. The van der Waals surface area contributed by atoms with Crippen molar-refractivity contribution in [2.24, 2.45) is 10.8 Å². The first-order valence-corrected chi connectivity index (χ1v) is 5.91. The van der Waals surface area contributed by atoms with Gasteiger partial charge < -0.3 is 10.6 Å². The van der Waals surface area contributed by atoms with Crippen LogP contribution in [0.1, 0.15) is 40.5 Å². The van der Waals surface area contributed by atoms with Crippen LogP contribution in [-0.2, 0) is 4.79 Å². The first-order valence-electron chi connectivity index (χ1n) is 5.91. The zero-order chi connectivity index (χ0) is 11.3. The van der Waals surface area contributed by atoms with Gasteiger partial charge in [0.25, 0.3) is 0 Å². The smallest absolute Gasteiger partial charge is 0.237 e. The lowest BCUT2D eigenvalue weighted by Gasteiger charge is -2.12. The lowest BCUT2D eigenvalue weighted by atomic mass is 10.0. The molecule has 1 aliphatic carbocycles. The van der Waals surface area contributed by atoms with E-state index in [0.29, 0.717) is 6.04 Å². The molecule has 0 spiro atoms. The van der Waals surface area contributed by atoms with Crippen LogP contribution < -0.4 is 10.6 Å². The normalized spacial score (nSPS) is 32.7. The summed E-state index contributed by atoms with van der Waals surface area (Å²) in [5.74, 6) is 0.191. The summed E-state index contributed by atoms with van der Waals surface area (Å²) in [6.07, 6.45) is 2.11. The Kier molecular flexibility index (Phi) is 2.34. The maximum absolute atomic E-state index is 11.9. The van der Waals surface area contributed by atoms with Gasteiger partial charge in [-0.15, -0.1) is 0 Å². The Balaban J connectivity index is 1.91. The zero-order valence-corrected chi connectivity index (χ0v) is 10.2. The van der Waals surface area contributed by atoms with E-state index in [1.165, 1.54) is 0 Å². The van der Waals surface area contributed by atoms with Gasteiger partial charge in [-0.1, -0.05) is 27.7 Å². The third kappa shape index (κ3) is 1.57. The topological polar surface area (TPSA) is 41.1 Å². The molecule has 0 aromatic carbocycles. The fraction of sp³-hybridized carbons (Fsp3) is 0.917. The molecule has 2 fully saturated rings. The molecule has 15 heavy (non-hydrogen) atoms. The third-order valence-corrected chi connectivity index (χ3v) is 4.68. The standard InChI is InChI=1S/C12H22N2O/c1-11(2)10(12(11,3)4)14-9(15)8-6-5-7-13-8/h8,10,13H,5-7H2,1-4H3,(H,14,15)/t8-/m1/s1. The van der Waals surface area contributed by atoms with Gasteiger partial charge in [0.15, 0.2) is 0 Å². The first kappa shape index (κ1) is 10.9. The zero-order valence-electron chi connectivity index (χ0n) is 10.2. The lowest BCUT2D eigenvalue weighted by Crippen LogP contribution is -2.42. The van der Waals surface area contributed by atoms with E-state index >= 15 is 0 Å². The molecule has 3 heteroatoms. The third-order valence-electron chi connectivity index (χ3n) is 4.68. The fourth-order valence-corrected chi connectivity index (χ4v) is 2.71. The first-order chi connectivity index (χ1) is 6.87. The van der Waals surface area contributed by atoms with Gasteiger partial charge in [-0.05, 0) is 30.2 Å². The molecule has 0 aromatic heterocycles. The predicted molar refractivity (Wildman–Crippen MR) is 60.5 cm³/mol. The summed E-state index contributed by atoms with van der Waals surface area (Å²) in [7, 11) is 0. The van der Waals surface area contributed by atoms with E-state index in [1.807, 2.05) is 0 Å². The number of hydrogen-bond acceptors (Lipinski definition) is 2. The molecule has 2 rings (SSSR count). The molecule has 1 atom stereocenters. The van der Waals surface area contributed by atoms with Crippen LogP contribution in [0.25, 0.3) is 0 Å². The van der Waals surface area contributed by atoms with Crippen LogP contribution >= 0.6 is 0 Å². The highest BCUT2D eigenvalue weighted by atomic mass is 16.2. The number of nitrogens with one attached hydrogen (secondary N) is 2. The summed E-state index contributed by atoms with van der Waals surface area (Å²) < 4.78 is 0. The number of carbonyl (C=O) groups is 1. The maximum atomic E-state index is 11.9. The second-order valence-electron chi connectivity index (χ2n) is 6.03. The van der Waals surface area contributed by atoms with Crippen molar-refractivity contribution < 1.29 is 4.79 Å². The average molecular weight is 210 g/mol. The van der Waals surface area contributed by atoms with Crippen molar-refractivity contribution in [3.05, 3.63) is 0 Å². The van der Waals surface area contributed by atoms with E-state index in [-0.39, 0.29) is 22.8 Å². The van der Waals surface area contributed by atoms with Gasteiger partial charge in [0, 0.05) is 6.04 Å². The van der Waals surface area contributed by atoms with Gasteiger partial charge >= 0.3 is 0 Å². The quantitative estimate of drug-likeness (QED) is 0.721. The van der Waals surface area contributed by atoms with Crippen LogP contribution in [0.2, 0.25) is 0 Å². The van der Waals surface area contributed by atoms with E-state index < -0.39 is 0 Å². The van der Waals surface area contributed by atoms with Crippen molar-refractivity contribution in [3.8, 4) is 0 Å². The minimum atomic E-state index is 0.0530. The van der Waals surface area contributed by atoms with Gasteiger partial charge in [-0.2, -0.15) is 0 Å². The SMILES string of the molecule is CC1(C)C(NC(=O)[C@H]2CCCN2)C1(C)C. The fourth-order valence-electron chi connectivity index (χ4n) is 2.71. The summed E-state index contributed by atoms with van der Waals surface area (Å²) in [5, 5.41) is 6.41. The molecule has 0 unspecified atom stereocenters. The summed E-state index contributed by atoms with van der Waals surface area (Å²) >= 11 is 0. The molecule has 1 amide bonds. The van der Waals surface area contributed by atoms with Crippen molar-refractivity contribution in [3.63, 3.8) is 0 Å². The summed E-state index contributed by atoms with van der Waals surface area (Å²) in [6, 6.07) is 0.386. The van der Waals surface area contributed by atoms with E-state index in [1.54, 1.807) is 0 Å². The highest BCUT2D eigenvalue weighted by Crippen LogP contribution is 2.62. The minimum absolute atomic E-state index is 0.0530. The molecule has 2 N–H and O–H groups in total. The molecule has 1 aliphatic heterocycles. The molecule has 0 bridgehead atoms. The highest BCUT2D eigenvalue weighted by molar-refractivity contribution is 5.83. The van der Waals surface area contributed by atoms with E-state index in [9.17, 15) is 4.79 Å². The second-order valence-corrected chi connectivity index (χ2v) is 6.03. The summed E-state index contributed by atoms with van der Waals surface area (Å²) in [4.78, 5) is 11.9. The number of rotatable bonds is 2. The number of amides is 1. The summed E-state index contributed by atoms with van der Waals surface area (Å²) in [6.45, 7) is 9.87. The van der Waals surface area contributed by atoms with Gasteiger partial charge in [0.05, 0.1) is 6.04 Å². The van der Waals surface area contributed by atoms with Crippen molar-refractivity contribution in [2.75, 3.05) is 6.54 Å². The Morgan fingerprint density at radius 3 is 2.27 bits per heavy atom. The van der Waals surface area contributed by atoms with Crippen LogP contribution in [0.15, 0.2) is 0 Å². The molecule has 2 aliphatic rings. The van der Waals surface area contributed by atoms with Crippen LogP contribution in [0.4, 0.5) is 0 Å². The molecule has 1 saturated carbocycles.